The maximum Gasteiger partial charge on any atom is 0.410 e. The van der Waals surface area contributed by atoms with Crippen LogP contribution in [0.1, 0.15) is 101 Å². The molecule has 0 N–H and O–H groups in total. The number of likely N-dealkylation sites (tertiary alicyclic amines) is 2. The van der Waals surface area contributed by atoms with E-state index in [1.54, 1.807) is 11.0 Å². The first-order valence-corrected chi connectivity index (χ1v) is 28.5. The number of anilines is 1. The molecule has 3 atom stereocenters. The molecule has 68 heavy (non-hydrogen) atoms. The highest BCUT2D eigenvalue weighted by Crippen LogP contribution is 2.54. The molecule has 14 nitrogen and oxygen atoms in total. The Hall–Kier alpha value is -5.48. The van der Waals surface area contributed by atoms with Crippen LogP contribution < -0.4 is 14.4 Å². The third-order valence-electron chi connectivity index (χ3n) is 14.1. The molecule has 5 aromatic rings. The van der Waals surface area contributed by atoms with E-state index >= 15 is 4.39 Å². The van der Waals surface area contributed by atoms with Gasteiger partial charge in [-0.3, -0.25) is 0 Å². The minimum Gasteiger partial charge on any atom is -0.486 e. The molecule has 0 spiro atoms. The van der Waals surface area contributed by atoms with Gasteiger partial charge in [-0.15, -0.1) is 0 Å². The van der Waals surface area contributed by atoms with Crippen molar-refractivity contribution in [2.75, 3.05) is 44.3 Å². The molecule has 3 aromatic carbocycles. The predicted octanol–water partition coefficient (Wildman–Crippen LogP) is 10.8. The van der Waals surface area contributed by atoms with Gasteiger partial charge in [0.15, 0.2) is 12.0 Å². The number of rotatable bonds is 12. The van der Waals surface area contributed by atoms with Crippen LogP contribution in [-0.4, -0.2) is 113 Å². The number of nitrogens with zero attached hydrogens (tertiary/aromatic N) is 7. The molecule has 1 unspecified atom stereocenters. The quantitative estimate of drug-likeness (QED) is 0.111. The van der Waals surface area contributed by atoms with Crippen molar-refractivity contribution in [1.82, 2.24) is 29.5 Å². The summed E-state index contributed by atoms with van der Waals surface area (Å²) in [6.07, 6.45) is 7.40. The van der Waals surface area contributed by atoms with Gasteiger partial charge in [0.2, 0.25) is 0 Å². The van der Waals surface area contributed by atoms with Crippen molar-refractivity contribution >= 4 is 47.9 Å². The largest absolute Gasteiger partial charge is 0.486 e. The van der Waals surface area contributed by atoms with Gasteiger partial charge < -0.3 is 38.4 Å². The monoisotopic (exact) mass is 947 g/mol. The van der Waals surface area contributed by atoms with Gasteiger partial charge in [-0.2, -0.15) is 15.1 Å². The molecule has 6 heterocycles. The highest BCUT2D eigenvalue weighted by molar-refractivity contribution is 6.76. The second kappa shape index (κ2) is 18.4. The molecule has 5 aliphatic rings. The first-order valence-electron chi connectivity index (χ1n) is 24.8. The van der Waals surface area contributed by atoms with Crippen molar-refractivity contribution in [3.8, 4) is 22.9 Å². The van der Waals surface area contributed by atoms with Gasteiger partial charge in [-0.25, -0.2) is 18.7 Å². The maximum atomic E-state index is 16.7. The third kappa shape index (κ3) is 9.59. The number of aromatic nitrogens is 4. The number of halogens is 1. The molecular weight excluding hydrogens is 882 g/mol. The molecule has 1 aliphatic carbocycles. The first kappa shape index (κ1) is 46.3. The van der Waals surface area contributed by atoms with Crippen LogP contribution in [0, 0.1) is 12.7 Å². The van der Waals surface area contributed by atoms with Crippen LogP contribution in [0.4, 0.5) is 19.8 Å². The fraction of sp³-hybridized carbons (Fsp3) is 0.558. The summed E-state index contributed by atoms with van der Waals surface area (Å²) in [5.74, 6) is 1.12. The summed E-state index contributed by atoms with van der Waals surface area (Å²) in [5, 5.41) is 6.51. The van der Waals surface area contributed by atoms with Crippen LogP contribution in [0.3, 0.4) is 0 Å². The van der Waals surface area contributed by atoms with E-state index < -0.39 is 13.7 Å². The Balaban J connectivity index is 1.09. The molecule has 2 amide bonds. The van der Waals surface area contributed by atoms with Crippen molar-refractivity contribution in [3.05, 3.63) is 71.2 Å². The normalized spacial score (nSPS) is 21.2. The van der Waals surface area contributed by atoms with E-state index in [0.717, 1.165) is 77.6 Å². The van der Waals surface area contributed by atoms with Crippen LogP contribution in [0.5, 0.6) is 11.8 Å². The zero-order valence-electron chi connectivity index (χ0n) is 40.7. The van der Waals surface area contributed by atoms with E-state index in [1.807, 2.05) is 73.8 Å². The van der Waals surface area contributed by atoms with E-state index in [-0.39, 0.29) is 61.0 Å². The number of hydrogen-bond donors (Lipinski definition) is 0. The van der Waals surface area contributed by atoms with Gasteiger partial charge in [-0.05, 0) is 101 Å². The van der Waals surface area contributed by atoms with E-state index in [2.05, 4.69) is 30.6 Å². The van der Waals surface area contributed by atoms with Gasteiger partial charge in [-0.1, -0.05) is 50.0 Å². The Morgan fingerprint density at radius 3 is 2.37 bits per heavy atom. The lowest BCUT2D eigenvalue weighted by Gasteiger charge is -2.36. The summed E-state index contributed by atoms with van der Waals surface area (Å²) in [4.78, 5) is 43.0. The van der Waals surface area contributed by atoms with Crippen molar-refractivity contribution in [3.63, 3.8) is 0 Å². The molecule has 2 bridgehead atoms. The molecule has 4 aliphatic heterocycles. The minimum atomic E-state index is -1.35. The number of piperazine rings is 1. The van der Waals surface area contributed by atoms with E-state index in [1.165, 1.54) is 0 Å². The number of amides is 2. The fourth-order valence-electron chi connectivity index (χ4n) is 10.4. The van der Waals surface area contributed by atoms with Crippen LogP contribution >= 0.6 is 0 Å². The van der Waals surface area contributed by atoms with E-state index in [4.69, 9.17) is 38.8 Å². The van der Waals surface area contributed by atoms with Crippen molar-refractivity contribution in [2.24, 2.45) is 0 Å². The highest BCUT2D eigenvalue weighted by Gasteiger charge is 2.48. The lowest BCUT2D eigenvalue weighted by molar-refractivity contribution is -0.0367. The standard InChI is InChI=1S/C52H66FN7O7Si/c1-32-41(53)27-42-40(28-54-60(42)43-15-11-12-22-63-43)44(32)45-38(34-16-17-34)26-39-46(47(45)65-31-33-13-9-8-10-14-33)55-49(66-37-18-20-57(21-19-37)50(61)64-23-24-68(5,6)7)56-48(39)58-29-36-25-35(58)30-59(36)51(62)67-52(2,3)4/h8-10,13-14,26-28,34-37,43H,11-12,15-25,29-31H2,1-7H3/t35-,36-,43?/m0/s1. The summed E-state index contributed by atoms with van der Waals surface area (Å²) >= 11 is 0. The molecule has 4 saturated heterocycles. The van der Waals surface area contributed by atoms with Crippen LogP contribution in [0.15, 0.2) is 48.7 Å². The Bertz CT molecular complexity index is 2690. The lowest BCUT2D eigenvalue weighted by Crippen LogP contribution is -2.50. The highest BCUT2D eigenvalue weighted by atomic mass is 28.3. The summed E-state index contributed by atoms with van der Waals surface area (Å²) in [7, 11) is -1.35. The smallest absolute Gasteiger partial charge is 0.410 e. The Labute approximate surface area is 399 Å². The van der Waals surface area contributed by atoms with E-state index in [9.17, 15) is 9.59 Å². The molecule has 0 radical (unpaired) electrons. The molecular formula is C52H66FN7O7Si. The van der Waals surface area contributed by atoms with Crippen LogP contribution in [0.25, 0.3) is 32.9 Å². The molecule has 362 valence electrons. The van der Waals surface area contributed by atoms with Crippen LogP contribution in [-0.2, 0) is 20.8 Å². The topological polar surface area (TPSA) is 134 Å². The summed E-state index contributed by atoms with van der Waals surface area (Å²) in [6, 6.07) is 14.9. The number of benzene rings is 3. The van der Waals surface area contributed by atoms with E-state index in [0.29, 0.717) is 80.4 Å². The Morgan fingerprint density at radius 1 is 0.912 bits per heavy atom. The zero-order chi connectivity index (χ0) is 47.5. The summed E-state index contributed by atoms with van der Waals surface area (Å²) < 4.78 is 50.2. The molecule has 5 fully saturated rings. The van der Waals surface area contributed by atoms with Crippen molar-refractivity contribution in [2.45, 2.75) is 147 Å². The number of carbonyl (C=O) groups excluding carboxylic acids is 2. The number of carbonyl (C=O) groups is 2. The first-order chi connectivity index (χ1) is 32.6. The molecule has 16 heteroatoms. The lowest BCUT2D eigenvalue weighted by atomic mass is 9.88. The second-order valence-electron chi connectivity index (χ2n) is 21.7. The average molecular weight is 948 g/mol. The minimum absolute atomic E-state index is 0.0238. The van der Waals surface area contributed by atoms with Crippen LogP contribution in [0.2, 0.25) is 25.7 Å². The van der Waals surface area contributed by atoms with Gasteiger partial charge in [0.25, 0.3) is 0 Å². The fourth-order valence-corrected chi connectivity index (χ4v) is 11.1. The predicted molar refractivity (Wildman–Crippen MR) is 262 cm³/mol. The third-order valence-corrected chi connectivity index (χ3v) is 15.9. The van der Waals surface area contributed by atoms with Gasteiger partial charge >= 0.3 is 18.2 Å². The zero-order valence-corrected chi connectivity index (χ0v) is 41.7. The molecule has 10 rings (SSSR count). The van der Waals surface area contributed by atoms with Gasteiger partial charge in [0, 0.05) is 81.7 Å². The summed E-state index contributed by atoms with van der Waals surface area (Å²) in [5.41, 5.74) is 4.69. The number of ether oxygens (including phenoxy) is 5. The van der Waals surface area contributed by atoms with Gasteiger partial charge in [0.1, 0.15) is 35.5 Å². The SMILES string of the molecule is Cc1c(F)cc2c(cnn2C2CCCCO2)c1-c1c(C2CC2)cc2c(N3C[C@@H]4C[C@H]3CN4C(=O)OC(C)(C)C)nc(OC3CCN(C(=O)OCC[Si](C)(C)C)CC3)nc2c1OCc1ccccc1. The van der Waals surface area contributed by atoms with Gasteiger partial charge in [0.05, 0.1) is 30.4 Å². The maximum absolute atomic E-state index is 16.7. The number of hydrogen-bond acceptors (Lipinski definition) is 11. The second-order valence-corrected chi connectivity index (χ2v) is 27.3. The Kier molecular flexibility index (Phi) is 12.5. The Morgan fingerprint density at radius 2 is 1.69 bits per heavy atom. The van der Waals surface area contributed by atoms with Crippen molar-refractivity contribution < 1.29 is 37.7 Å². The number of piperidine rings is 1. The van der Waals surface area contributed by atoms with Crippen molar-refractivity contribution in [1.29, 1.82) is 0 Å². The summed E-state index contributed by atoms with van der Waals surface area (Å²) in [6.45, 7) is 17.7. The molecule has 1 saturated carbocycles. The average Bonchev–Trinajstić information content (AvgIpc) is 3.74. The molecule has 2 aromatic heterocycles. The number of fused-ring (bicyclic) bond motifs is 4.